The van der Waals surface area contributed by atoms with Crippen LogP contribution in [0.25, 0.3) is 16.6 Å². The summed E-state index contributed by atoms with van der Waals surface area (Å²) in [5, 5.41) is 3.34. The van der Waals surface area contributed by atoms with Crippen LogP contribution in [0.5, 0.6) is 0 Å². The molecule has 38 heavy (non-hydrogen) atoms. The number of rotatable bonds is 9. The molecular formula is C30H34FN5O2. The highest BCUT2D eigenvalue weighted by Gasteiger charge is 2.29. The van der Waals surface area contributed by atoms with Crippen molar-refractivity contribution >= 4 is 22.6 Å². The van der Waals surface area contributed by atoms with Crippen LogP contribution >= 0.6 is 0 Å². The van der Waals surface area contributed by atoms with Gasteiger partial charge in [-0.1, -0.05) is 44.2 Å². The maximum absolute atomic E-state index is 13.9. The fourth-order valence-electron chi connectivity index (χ4n) is 4.51. The van der Waals surface area contributed by atoms with Crippen molar-refractivity contribution in [2.45, 2.75) is 32.7 Å². The summed E-state index contributed by atoms with van der Waals surface area (Å²) in [6.45, 7) is 5.02. The van der Waals surface area contributed by atoms with Crippen LogP contribution < -0.4 is 10.9 Å². The molecule has 1 heterocycles. The van der Waals surface area contributed by atoms with Crippen molar-refractivity contribution in [2.75, 3.05) is 32.5 Å². The fourth-order valence-corrected chi connectivity index (χ4v) is 4.51. The lowest BCUT2D eigenvalue weighted by molar-refractivity contribution is 0.173. The van der Waals surface area contributed by atoms with E-state index >= 15 is 0 Å². The number of benzene rings is 3. The van der Waals surface area contributed by atoms with E-state index in [4.69, 9.17) is 4.98 Å². The van der Waals surface area contributed by atoms with Gasteiger partial charge in [-0.2, -0.15) is 0 Å². The summed E-state index contributed by atoms with van der Waals surface area (Å²) in [5.74, 6) is 0.0452. The van der Waals surface area contributed by atoms with E-state index in [1.165, 1.54) is 12.1 Å². The number of anilines is 1. The van der Waals surface area contributed by atoms with Crippen LogP contribution in [0.1, 0.15) is 37.7 Å². The van der Waals surface area contributed by atoms with Crippen molar-refractivity contribution in [1.29, 1.82) is 0 Å². The van der Waals surface area contributed by atoms with Gasteiger partial charge in [-0.3, -0.25) is 9.36 Å². The fraction of sp³-hybridized carbons (Fsp3) is 0.300. The monoisotopic (exact) mass is 515 g/mol. The average Bonchev–Trinajstić information content (AvgIpc) is 2.91. The molecule has 1 aromatic heterocycles. The Morgan fingerprint density at radius 2 is 1.74 bits per heavy atom. The second kappa shape index (κ2) is 12.0. The number of para-hydroxylation sites is 1. The van der Waals surface area contributed by atoms with Gasteiger partial charge in [-0.25, -0.2) is 14.2 Å². The van der Waals surface area contributed by atoms with Crippen molar-refractivity contribution in [2.24, 2.45) is 0 Å². The molecule has 1 N–H and O–H groups in total. The highest BCUT2D eigenvalue weighted by molar-refractivity contribution is 5.89. The Morgan fingerprint density at radius 1 is 1.00 bits per heavy atom. The topological polar surface area (TPSA) is 70.5 Å². The van der Waals surface area contributed by atoms with E-state index in [2.05, 4.69) is 12.2 Å². The minimum atomic E-state index is -0.522. The van der Waals surface area contributed by atoms with Gasteiger partial charge in [0.25, 0.3) is 5.56 Å². The predicted octanol–water partition coefficient (Wildman–Crippen LogP) is 5.63. The zero-order chi connectivity index (χ0) is 27.2. The summed E-state index contributed by atoms with van der Waals surface area (Å²) in [4.78, 5) is 36.1. The molecule has 4 rings (SSSR count). The molecule has 0 aliphatic heterocycles. The number of hydrogen-bond donors (Lipinski definition) is 1. The van der Waals surface area contributed by atoms with Crippen molar-refractivity contribution < 1.29 is 9.18 Å². The molecule has 7 nitrogen and oxygen atoms in total. The van der Waals surface area contributed by atoms with Crippen LogP contribution in [0.2, 0.25) is 0 Å². The molecule has 198 valence electrons. The smallest absolute Gasteiger partial charge is 0.313 e. The van der Waals surface area contributed by atoms with Crippen molar-refractivity contribution in [1.82, 2.24) is 19.4 Å². The van der Waals surface area contributed by atoms with Gasteiger partial charge in [-0.15, -0.1) is 0 Å². The van der Waals surface area contributed by atoms with Gasteiger partial charge in [-0.05, 0) is 75.0 Å². The number of aryl methyl sites for hydroxylation is 1. The van der Waals surface area contributed by atoms with Crippen molar-refractivity contribution in [3.05, 3.63) is 100 Å². The normalized spacial score (nSPS) is 12.1. The standard InChI is InChI=1S/C30H34FN5O2/c1-5-21-14-16-24(17-15-21)36-28(33-26-13-8-7-12-25(26)29(36)37)27(6-2)35(19-18-34(3)4)30(38)32-23-11-9-10-22(31)20-23/h7-17,20,27H,5-6,18-19H2,1-4H3,(H,32,38). The molecule has 4 aromatic rings. The summed E-state index contributed by atoms with van der Waals surface area (Å²) in [5.41, 5.74) is 2.60. The molecule has 0 aliphatic carbocycles. The van der Waals surface area contributed by atoms with Gasteiger partial charge in [0.1, 0.15) is 11.6 Å². The van der Waals surface area contributed by atoms with E-state index in [0.29, 0.717) is 47.6 Å². The van der Waals surface area contributed by atoms with Crippen LogP contribution in [-0.2, 0) is 6.42 Å². The highest BCUT2D eigenvalue weighted by Crippen LogP contribution is 2.27. The van der Waals surface area contributed by atoms with Crippen LogP contribution in [0.4, 0.5) is 14.9 Å². The number of likely N-dealkylation sites (N-methyl/N-ethyl adjacent to an activating group) is 1. The number of amides is 2. The lowest BCUT2D eigenvalue weighted by Crippen LogP contribution is -2.43. The Kier molecular flexibility index (Phi) is 8.53. The molecule has 1 unspecified atom stereocenters. The SMILES string of the molecule is CCc1ccc(-n2c(C(CC)N(CCN(C)C)C(=O)Nc3cccc(F)c3)nc3ccccc3c2=O)cc1. The molecule has 8 heteroatoms. The summed E-state index contributed by atoms with van der Waals surface area (Å²) >= 11 is 0. The Morgan fingerprint density at radius 3 is 2.39 bits per heavy atom. The first-order valence-corrected chi connectivity index (χ1v) is 12.9. The number of nitrogens with zero attached hydrogens (tertiary/aromatic N) is 4. The van der Waals surface area contributed by atoms with Crippen LogP contribution in [0, 0.1) is 5.82 Å². The van der Waals surface area contributed by atoms with E-state index in [9.17, 15) is 14.0 Å². The zero-order valence-corrected chi connectivity index (χ0v) is 22.3. The number of aromatic nitrogens is 2. The van der Waals surface area contributed by atoms with Gasteiger partial charge in [0.15, 0.2) is 0 Å². The minimum absolute atomic E-state index is 0.189. The first kappa shape index (κ1) is 27.0. The number of hydrogen-bond acceptors (Lipinski definition) is 4. The Hall–Kier alpha value is -4.04. The molecule has 1 atom stereocenters. The number of carbonyl (C=O) groups is 1. The van der Waals surface area contributed by atoms with E-state index in [1.54, 1.807) is 27.7 Å². The minimum Gasteiger partial charge on any atom is -0.313 e. The average molecular weight is 516 g/mol. The van der Waals surface area contributed by atoms with Crippen LogP contribution in [0.3, 0.4) is 0 Å². The highest BCUT2D eigenvalue weighted by atomic mass is 19.1. The Bertz CT molecular complexity index is 1470. The number of fused-ring (bicyclic) bond motifs is 1. The molecule has 0 fully saturated rings. The number of urea groups is 1. The lowest BCUT2D eigenvalue weighted by Gasteiger charge is -2.33. The molecule has 0 spiro atoms. The van der Waals surface area contributed by atoms with Crippen molar-refractivity contribution in [3.63, 3.8) is 0 Å². The molecule has 0 aliphatic rings. The molecule has 2 amide bonds. The number of carbonyl (C=O) groups excluding carboxylic acids is 1. The predicted molar refractivity (Wildman–Crippen MR) is 150 cm³/mol. The van der Waals surface area contributed by atoms with Crippen LogP contribution in [0.15, 0.2) is 77.6 Å². The summed E-state index contributed by atoms with van der Waals surface area (Å²) in [6.07, 6.45) is 1.40. The van der Waals surface area contributed by atoms with E-state index in [-0.39, 0.29) is 11.6 Å². The molecular weight excluding hydrogens is 481 g/mol. The van der Waals surface area contributed by atoms with E-state index in [0.717, 1.165) is 12.0 Å². The van der Waals surface area contributed by atoms with Crippen LogP contribution in [-0.4, -0.2) is 52.6 Å². The van der Waals surface area contributed by atoms with Gasteiger partial charge < -0.3 is 15.1 Å². The molecule has 0 bridgehead atoms. The summed E-state index contributed by atoms with van der Waals surface area (Å²) in [7, 11) is 3.87. The maximum Gasteiger partial charge on any atom is 0.322 e. The number of halogens is 1. The van der Waals surface area contributed by atoms with Gasteiger partial charge in [0.05, 0.1) is 22.6 Å². The van der Waals surface area contributed by atoms with Gasteiger partial charge >= 0.3 is 6.03 Å². The third-order valence-corrected chi connectivity index (χ3v) is 6.59. The van der Waals surface area contributed by atoms with E-state index in [1.807, 2.05) is 68.4 Å². The van der Waals surface area contributed by atoms with Gasteiger partial charge in [0.2, 0.25) is 0 Å². The Labute approximate surface area is 222 Å². The molecule has 0 radical (unpaired) electrons. The maximum atomic E-state index is 13.9. The Balaban J connectivity index is 1.86. The quantitative estimate of drug-likeness (QED) is 0.314. The molecule has 0 saturated carbocycles. The first-order chi connectivity index (χ1) is 18.3. The van der Waals surface area contributed by atoms with E-state index < -0.39 is 11.9 Å². The third-order valence-electron chi connectivity index (χ3n) is 6.59. The largest absolute Gasteiger partial charge is 0.322 e. The second-order valence-electron chi connectivity index (χ2n) is 9.51. The third kappa shape index (κ3) is 5.92. The van der Waals surface area contributed by atoms with Gasteiger partial charge in [0, 0.05) is 18.8 Å². The first-order valence-electron chi connectivity index (χ1n) is 12.9. The second-order valence-corrected chi connectivity index (χ2v) is 9.51. The number of nitrogens with one attached hydrogen (secondary N) is 1. The molecule has 3 aromatic carbocycles. The summed E-state index contributed by atoms with van der Waals surface area (Å²) in [6, 6.07) is 20.0. The zero-order valence-electron chi connectivity index (χ0n) is 22.3. The molecule has 0 saturated heterocycles. The summed E-state index contributed by atoms with van der Waals surface area (Å²) < 4.78 is 15.4. The van der Waals surface area contributed by atoms with Crippen molar-refractivity contribution in [3.8, 4) is 5.69 Å². The lowest BCUT2D eigenvalue weighted by atomic mass is 10.1.